The third kappa shape index (κ3) is 2.54. The van der Waals surface area contributed by atoms with Gasteiger partial charge in [-0.15, -0.1) is 0 Å². The fourth-order valence-corrected chi connectivity index (χ4v) is 1.84. The molecule has 1 N–H and O–H groups in total. The molecule has 0 radical (unpaired) electrons. The summed E-state index contributed by atoms with van der Waals surface area (Å²) in [6.07, 6.45) is 1.44. The van der Waals surface area contributed by atoms with Crippen molar-refractivity contribution in [2.24, 2.45) is 0 Å². The average molecular weight is 222 g/mol. The van der Waals surface area contributed by atoms with E-state index in [9.17, 15) is 4.79 Å². The summed E-state index contributed by atoms with van der Waals surface area (Å²) in [5, 5.41) is 9.09. The number of aryl methyl sites for hydroxylation is 1. The molecule has 16 heavy (non-hydrogen) atoms. The Morgan fingerprint density at radius 2 is 2.12 bits per heavy atom. The number of carboxylic acids is 1. The molecule has 1 unspecified atom stereocenters. The summed E-state index contributed by atoms with van der Waals surface area (Å²) in [6.45, 7) is 3.91. The number of rotatable bonds is 5. The molecule has 1 rings (SSSR count). The van der Waals surface area contributed by atoms with Gasteiger partial charge >= 0.3 is 5.97 Å². The SMILES string of the molecule is CCc1cc(C(CC)C(=O)O)ccc1OC. The van der Waals surface area contributed by atoms with E-state index in [0.29, 0.717) is 6.42 Å². The van der Waals surface area contributed by atoms with Gasteiger partial charge in [-0.25, -0.2) is 0 Å². The highest BCUT2D eigenvalue weighted by Gasteiger charge is 2.18. The zero-order valence-electron chi connectivity index (χ0n) is 9.99. The van der Waals surface area contributed by atoms with E-state index in [1.54, 1.807) is 7.11 Å². The van der Waals surface area contributed by atoms with Gasteiger partial charge in [-0.2, -0.15) is 0 Å². The molecule has 0 saturated heterocycles. The van der Waals surface area contributed by atoms with Crippen LogP contribution in [0.1, 0.15) is 37.3 Å². The van der Waals surface area contributed by atoms with Crippen LogP contribution in [0.2, 0.25) is 0 Å². The summed E-state index contributed by atoms with van der Waals surface area (Å²) in [4.78, 5) is 11.1. The van der Waals surface area contributed by atoms with Crippen LogP contribution in [0.25, 0.3) is 0 Å². The van der Waals surface area contributed by atoms with Crippen molar-refractivity contribution >= 4 is 5.97 Å². The van der Waals surface area contributed by atoms with Gasteiger partial charge in [0.15, 0.2) is 0 Å². The molecule has 0 aliphatic carbocycles. The van der Waals surface area contributed by atoms with Gasteiger partial charge in [0.05, 0.1) is 13.0 Å². The second-order valence-electron chi connectivity index (χ2n) is 3.72. The minimum Gasteiger partial charge on any atom is -0.496 e. The van der Waals surface area contributed by atoms with Crippen molar-refractivity contribution in [3.05, 3.63) is 29.3 Å². The van der Waals surface area contributed by atoms with Crippen LogP contribution in [0.3, 0.4) is 0 Å². The Morgan fingerprint density at radius 1 is 1.44 bits per heavy atom. The first kappa shape index (κ1) is 12.6. The standard InChI is InChI=1S/C13H18O3/c1-4-9-8-10(6-7-12(9)16-3)11(5-2)13(14)15/h6-8,11H,4-5H2,1-3H3,(H,14,15). The lowest BCUT2D eigenvalue weighted by Gasteiger charge is -2.13. The Bertz CT molecular complexity index is 371. The van der Waals surface area contributed by atoms with E-state index in [1.165, 1.54) is 0 Å². The largest absolute Gasteiger partial charge is 0.496 e. The summed E-state index contributed by atoms with van der Waals surface area (Å²) in [5.41, 5.74) is 1.91. The highest BCUT2D eigenvalue weighted by Crippen LogP contribution is 2.26. The van der Waals surface area contributed by atoms with Gasteiger partial charge in [0, 0.05) is 0 Å². The normalized spacial score (nSPS) is 12.2. The van der Waals surface area contributed by atoms with Crippen LogP contribution >= 0.6 is 0 Å². The fourth-order valence-electron chi connectivity index (χ4n) is 1.84. The first-order valence-corrected chi connectivity index (χ1v) is 5.53. The number of hydrogen-bond donors (Lipinski definition) is 1. The second kappa shape index (κ2) is 5.54. The summed E-state index contributed by atoms with van der Waals surface area (Å²) in [7, 11) is 1.63. The molecule has 3 nitrogen and oxygen atoms in total. The van der Waals surface area contributed by atoms with Crippen molar-refractivity contribution in [1.29, 1.82) is 0 Å². The average Bonchev–Trinajstić information content (AvgIpc) is 2.29. The fraction of sp³-hybridized carbons (Fsp3) is 0.462. The van der Waals surface area contributed by atoms with Gasteiger partial charge in [-0.05, 0) is 30.0 Å². The van der Waals surface area contributed by atoms with Crippen LogP contribution in [0, 0.1) is 0 Å². The van der Waals surface area contributed by atoms with Crippen molar-refractivity contribution in [1.82, 2.24) is 0 Å². The minimum absolute atomic E-state index is 0.420. The highest BCUT2D eigenvalue weighted by molar-refractivity contribution is 5.76. The molecule has 0 saturated carbocycles. The van der Waals surface area contributed by atoms with E-state index in [4.69, 9.17) is 9.84 Å². The topological polar surface area (TPSA) is 46.5 Å². The smallest absolute Gasteiger partial charge is 0.310 e. The number of hydrogen-bond acceptors (Lipinski definition) is 2. The molecule has 3 heteroatoms. The molecule has 0 aliphatic heterocycles. The van der Waals surface area contributed by atoms with E-state index in [-0.39, 0.29) is 0 Å². The maximum absolute atomic E-state index is 11.1. The van der Waals surface area contributed by atoms with Crippen molar-refractivity contribution < 1.29 is 14.6 Å². The van der Waals surface area contributed by atoms with E-state index in [1.807, 2.05) is 32.0 Å². The van der Waals surface area contributed by atoms with Crippen LogP contribution in [0.5, 0.6) is 5.75 Å². The Kier molecular flexibility index (Phi) is 4.35. The molecule has 1 aromatic carbocycles. The lowest BCUT2D eigenvalue weighted by Crippen LogP contribution is -2.10. The van der Waals surface area contributed by atoms with E-state index in [2.05, 4.69) is 0 Å². The minimum atomic E-state index is -0.769. The summed E-state index contributed by atoms with van der Waals surface area (Å²) in [6, 6.07) is 5.61. The first-order valence-electron chi connectivity index (χ1n) is 5.53. The van der Waals surface area contributed by atoms with Crippen LogP contribution < -0.4 is 4.74 Å². The molecule has 0 amide bonds. The number of benzene rings is 1. The van der Waals surface area contributed by atoms with Crippen LogP contribution in [0.15, 0.2) is 18.2 Å². The zero-order valence-corrected chi connectivity index (χ0v) is 9.99. The molecule has 1 aromatic rings. The lowest BCUT2D eigenvalue weighted by molar-refractivity contribution is -0.138. The van der Waals surface area contributed by atoms with Gasteiger partial charge < -0.3 is 9.84 Å². The molecule has 0 aliphatic rings. The Labute approximate surface area is 96.1 Å². The summed E-state index contributed by atoms with van der Waals surface area (Å²) < 4.78 is 5.22. The molecule has 0 spiro atoms. The molecule has 1 atom stereocenters. The molecule has 0 fully saturated rings. The van der Waals surface area contributed by atoms with E-state index in [0.717, 1.165) is 23.3 Å². The van der Waals surface area contributed by atoms with E-state index >= 15 is 0 Å². The Balaban J connectivity index is 3.11. The quantitative estimate of drug-likeness (QED) is 0.833. The maximum atomic E-state index is 11.1. The molecule has 0 bridgehead atoms. The van der Waals surface area contributed by atoms with Crippen molar-refractivity contribution in [3.63, 3.8) is 0 Å². The van der Waals surface area contributed by atoms with Crippen LogP contribution in [-0.4, -0.2) is 18.2 Å². The van der Waals surface area contributed by atoms with Crippen molar-refractivity contribution in [2.75, 3.05) is 7.11 Å². The molecule has 0 heterocycles. The van der Waals surface area contributed by atoms with Gasteiger partial charge in [0.2, 0.25) is 0 Å². The predicted molar refractivity (Wildman–Crippen MR) is 63.0 cm³/mol. The number of ether oxygens (including phenoxy) is 1. The molecule has 0 aromatic heterocycles. The highest BCUT2D eigenvalue weighted by atomic mass is 16.5. The third-order valence-electron chi connectivity index (χ3n) is 2.79. The Morgan fingerprint density at radius 3 is 2.56 bits per heavy atom. The Hall–Kier alpha value is -1.51. The van der Waals surface area contributed by atoms with Gasteiger partial charge in [0.1, 0.15) is 5.75 Å². The molecule has 88 valence electrons. The maximum Gasteiger partial charge on any atom is 0.310 e. The number of methoxy groups -OCH3 is 1. The zero-order chi connectivity index (χ0) is 12.1. The van der Waals surface area contributed by atoms with Crippen molar-refractivity contribution in [3.8, 4) is 5.75 Å². The number of carboxylic acid groups (broad SMARTS) is 1. The van der Waals surface area contributed by atoms with Gasteiger partial charge in [-0.3, -0.25) is 4.79 Å². The number of carbonyl (C=O) groups is 1. The van der Waals surface area contributed by atoms with Gasteiger partial charge in [-0.1, -0.05) is 26.0 Å². The van der Waals surface area contributed by atoms with Gasteiger partial charge in [0.25, 0.3) is 0 Å². The third-order valence-corrected chi connectivity index (χ3v) is 2.79. The van der Waals surface area contributed by atoms with E-state index < -0.39 is 11.9 Å². The predicted octanol–water partition coefficient (Wildman–Crippen LogP) is 2.84. The monoisotopic (exact) mass is 222 g/mol. The van der Waals surface area contributed by atoms with Crippen molar-refractivity contribution in [2.45, 2.75) is 32.6 Å². The van der Waals surface area contributed by atoms with Crippen LogP contribution in [0.4, 0.5) is 0 Å². The molecular weight excluding hydrogens is 204 g/mol. The molecular formula is C13H18O3. The summed E-state index contributed by atoms with van der Waals surface area (Å²) in [5.74, 6) is -0.364. The first-order chi connectivity index (χ1) is 7.63. The second-order valence-corrected chi connectivity index (χ2v) is 3.72. The van der Waals surface area contributed by atoms with Crippen LogP contribution in [-0.2, 0) is 11.2 Å². The lowest BCUT2D eigenvalue weighted by atomic mass is 9.94. The number of aliphatic carboxylic acids is 1. The summed E-state index contributed by atoms with van der Waals surface area (Å²) >= 11 is 0.